The maximum atomic E-state index is 13.4. The Labute approximate surface area is 197 Å². The molecule has 4 aromatic rings. The van der Waals surface area contributed by atoms with E-state index in [0.29, 0.717) is 34.7 Å². The smallest absolute Gasteiger partial charge is 0.260 e. The van der Waals surface area contributed by atoms with Crippen molar-refractivity contribution in [2.45, 2.75) is 44.8 Å². The topological polar surface area (TPSA) is 94.8 Å². The van der Waals surface area contributed by atoms with Crippen LogP contribution in [-0.4, -0.2) is 36.7 Å². The van der Waals surface area contributed by atoms with E-state index in [2.05, 4.69) is 30.0 Å². The van der Waals surface area contributed by atoms with Crippen LogP contribution in [0, 0.1) is 6.92 Å². The third-order valence-corrected chi connectivity index (χ3v) is 6.59. The van der Waals surface area contributed by atoms with Crippen molar-refractivity contribution >= 4 is 11.7 Å². The van der Waals surface area contributed by atoms with Gasteiger partial charge in [0.25, 0.3) is 5.91 Å². The molecule has 4 bridgehead atoms. The predicted molar refractivity (Wildman–Crippen MR) is 128 cm³/mol. The van der Waals surface area contributed by atoms with Crippen LogP contribution < -0.4 is 10.1 Å². The van der Waals surface area contributed by atoms with Gasteiger partial charge in [-0.2, -0.15) is 0 Å². The van der Waals surface area contributed by atoms with Gasteiger partial charge in [-0.15, -0.1) is 10.2 Å². The van der Waals surface area contributed by atoms with Gasteiger partial charge in [-0.05, 0) is 68.5 Å². The van der Waals surface area contributed by atoms with E-state index in [9.17, 15) is 4.79 Å². The van der Waals surface area contributed by atoms with Crippen LogP contribution in [0.3, 0.4) is 0 Å². The number of carbonyl (C=O) groups excluding carboxylic acids is 1. The minimum atomic E-state index is -0.270. The fourth-order valence-corrected chi connectivity index (χ4v) is 4.75. The van der Waals surface area contributed by atoms with Crippen molar-refractivity contribution < 1.29 is 9.53 Å². The third kappa shape index (κ3) is 3.81. The van der Waals surface area contributed by atoms with Gasteiger partial charge in [-0.25, -0.2) is 4.98 Å². The largest absolute Gasteiger partial charge is 0.490 e. The summed E-state index contributed by atoms with van der Waals surface area (Å²) in [5.41, 5.74) is 3.96. The van der Waals surface area contributed by atoms with Crippen LogP contribution in [0.1, 0.15) is 47.8 Å². The maximum absolute atomic E-state index is 13.4. The number of hydrogen-bond acceptors (Lipinski definition) is 6. The summed E-state index contributed by atoms with van der Waals surface area (Å²) in [5.74, 6) is 1.48. The van der Waals surface area contributed by atoms with E-state index in [1.165, 1.54) is 0 Å². The quantitative estimate of drug-likeness (QED) is 0.444. The lowest BCUT2D eigenvalue weighted by Gasteiger charge is -2.31. The van der Waals surface area contributed by atoms with E-state index in [1.54, 1.807) is 12.4 Å². The number of aromatic nitrogens is 5. The number of rotatable bonds is 1. The van der Waals surface area contributed by atoms with Crippen LogP contribution in [0.25, 0.3) is 22.6 Å². The van der Waals surface area contributed by atoms with E-state index < -0.39 is 0 Å². The molecule has 34 heavy (non-hydrogen) atoms. The highest BCUT2D eigenvalue weighted by Crippen LogP contribution is 2.35. The van der Waals surface area contributed by atoms with Gasteiger partial charge in [-0.1, -0.05) is 18.2 Å². The molecule has 3 aromatic heterocycles. The molecule has 0 spiro atoms. The average molecular weight is 453 g/mol. The zero-order chi connectivity index (χ0) is 23.1. The molecule has 0 radical (unpaired) electrons. The molecule has 1 amide bonds. The highest BCUT2D eigenvalue weighted by molar-refractivity contribution is 6.06. The first-order chi connectivity index (χ1) is 16.6. The Balaban J connectivity index is 1.44. The number of nitrogens with one attached hydrogen (secondary N) is 1. The first-order valence-corrected chi connectivity index (χ1v) is 11.6. The van der Waals surface area contributed by atoms with Crippen LogP contribution in [-0.2, 0) is 0 Å². The Bertz CT molecular complexity index is 1360. The summed E-state index contributed by atoms with van der Waals surface area (Å²) in [4.78, 5) is 22.5. The van der Waals surface area contributed by atoms with Crippen molar-refractivity contribution in [2.75, 3.05) is 5.32 Å². The lowest BCUT2D eigenvalue weighted by atomic mass is 9.92. The number of carbonyl (C=O) groups is 1. The molecule has 5 heterocycles. The highest BCUT2D eigenvalue weighted by atomic mass is 16.5. The fourth-order valence-electron chi connectivity index (χ4n) is 4.75. The monoisotopic (exact) mass is 452 g/mol. The number of nitrogens with zero attached hydrogens (tertiary/aromatic N) is 5. The SMILES string of the molecule is Cc1ccc(-c2ccc3c(c2)C(=O)Nc2cccc(n2)-c2nncn2C2CCC(CC2)O3)cn1. The van der Waals surface area contributed by atoms with Crippen LogP contribution in [0.2, 0.25) is 0 Å². The second-order valence-corrected chi connectivity index (χ2v) is 8.87. The molecule has 8 nitrogen and oxygen atoms in total. The highest BCUT2D eigenvalue weighted by Gasteiger charge is 2.28. The molecule has 0 unspecified atom stereocenters. The summed E-state index contributed by atoms with van der Waals surface area (Å²) in [7, 11) is 0. The third-order valence-electron chi connectivity index (χ3n) is 6.59. The van der Waals surface area contributed by atoms with Crippen LogP contribution >= 0.6 is 0 Å². The van der Waals surface area contributed by atoms with Crippen molar-refractivity contribution in [1.29, 1.82) is 0 Å². The molecule has 7 rings (SSSR count). The Kier molecular flexibility index (Phi) is 5.05. The number of amides is 1. The molecule has 1 aliphatic carbocycles. The summed E-state index contributed by atoms with van der Waals surface area (Å²) in [5, 5.41) is 11.4. The second kappa shape index (κ2) is 8.37. The van der Waals surface area contributed by atoms with Crippen molar-refractivity contribution in [3.8, 4) is 28.4 Å². The van der Waals surface area contributed by atoms with E-state index in [1.807, 2.05) is 55.6 Å². The van der Waals surface area contributed by atoms with E-state index in [0.717, 1.165) is 42.5 Å². The summed E-state index contributed by atoms with van der Waals surface area (Å²) in [6.45, 7) is 1.95. The average Bonchev–Trinajstić information content (AvgIpc) is 3.35. The molecule has 2 aliphatic heterocycles. The number of hydrogen-bond donors (Lipinski definition) is 1. The number of pyridine rings is 2. The first-order valence-electron chi connectivity index (χ1n) is 11.6. The molecule has 170 valence electrons. The lowest BCUT2D eigenvalue weighted by Crippen LogP contribution is -2.27. The van der Waals surface area contributed by atoms with Crippen molar-refractivity contribution in [2.24, 2.45) is 0 Å². The Morgan fingerprint density at radius 1 is 1.03 bits per heavy atom. The summed E-state index contributed by atoms with van der Waals surface area (Å²) < 4.78 is 8.50. The predicted octanol–water partition coefficient (Wildman–Crippen LogP) is 4.84. The van der Waals surface area contributed by atoms with Crippen molar-refractivity contribution in [3.63, 3.8) is 0 Å². The van der Waals surface area contributed by atoms with Gasteiger partial charge >= 0.3 is 0 Å². The molecule has 0 saturated heterocycles. The van der Waals surface area contributed by atoms with Crippen LogP contribution in [0.4, 0.5) is 5.82 Å². The van der Waals surface area contributed by atoms with E-state index in [4.69, 9.17) is 4.74 Å². The van der Waals surface area contributed by atoms with Crippen LogP contribution in [0.5, 0.6) is 5.75 Å². The van der Waals surface area contributed by atoms with Gasteiger partial charge in [0.05, 0.1) is 11.7 Å². The normalized spacial score (nSPS) is 19.4. The van der Waals surface area contributed by atoms with Gasteiger partial charge < -0.3 is 14.6 Å². The molecule has 1 saturated carbocycles. The van der Waals surface area contributed by atoms with E-state index in [-0.39, 0.29) is 12.0 Å². The molecule has 1 fully saturated rings. The minimum Gasteiger partial charge on any atom is -0.490 e. The molecular weight excluding hydrogens is 428 g/mol. The van der Waals surface area contributed by atoms with Crippen molar-refractivity contribution in [1.82, 2.24) is 24.7 Å². The van der Waals surface area contributed by atoms with Gasteiger partial charge in [0, 0.05) is 23.5 Å². The standard InChI is InChI=1S/C26H24N6O2/c1-16-5-6-18(14-27-16)17-7-12-23-21(13-17)26(33)30-24-4-2-3-22(29-24)25-31-28-15-32(25)19-8-10-20(34-23)11-9-19/h2-7,12-15,19-20H,8-11H2,1H3,(H,29,30,33). The summed E-state index contributed by atoms with van der Waals surface area (Å²) in [6, 6.07) is 15.5. The molecular formula is C26H24N6O2. The molecule has 1 aromatic carbocycles. The molecule has 3 aliphatic rings. The number of aryl methyl sites for hydroxylation is 1. The second-order valence-electron chi connectivity index (χ2n) is 8.87. The van der Waals surface area contributed by atoms with Gasteiger partial charge in [0.2, 0.25) is 0 Å². The van der Waals surface area contributed by atoms with Gasteiger partial charge in [0.15, 0.2) is 5.82 Å². The number of ether oxygens (including phenoxy) is 1. The number of benzene rings is 1. The molecule has 1 N–H and O–H groups in total. The minimum absolute atomic E-state index is 0.0496. The molecule has 8 heteroatoms. The Hall–Kier alpha value is -4.07. The van der Waals surface area contributed by atoms with Crippen molar-refractivity contribution in [3.05, 3.63) is 72.3 Å². The zero-order valence-corrected chi connectivity index (χ0v) is 18.8. The van der Waals surface area contributed by atoms with Gasteiger partial charge in [0.1, 0.15) is 23.6 Å². The zero-order valence-electron chi connectivity index (χ0n) is 18.8. The Morgan fingerprint density at radius 2 is 1.88 bits per heavy atom. The number of fused-ring (bicyclic) bond motifs is 3. The Morgan fingerprint density at radius 3 is 2.71 bits per heavy atom. The van der Waals surface area contributed by atoms with Crippen LogP contribution in [0.15, 0.2) is 61.1 Å². The summed E-state index contributed by atoms with van der Waals surface area (Å²) in [6.07, 6.45) is 7.32. The maximum Gasteiger partial charge on any atom is 0.260 e. The first kappa shape index (κ1) is 20.5. The fraction of sp³-hybridized carbons (Fsp3) is 0.269. The lowest BCUT2D eigenvalue weighted by molar-refractivity contribution is 0.100. The van der Waals surface area contributed by atoms with Gasteiger partial charge in [-0.3, -0.25) is 9.78 Å². The number of anilines is 1. The summed E-state index contributed by atoms with van der Waals surface area (Å²) >= 11 is 0. The molecule has 0 atom stereocenters. The van der Waals surface area contributed by atoms with E-state index >= 15 is 0 Å².